The first kappa shape index (κ1) is 16.5. The van der Waals surface area contributed by atoms with Gasteiger partial charge in [0, 0.05) is 13.1 Å². The zero-order valence-corrected chi connectivity index (χ0v) is 11.0. The van der Waals surface area contributed by atoms with Crippen molar-refractivity contribution in [1.29, 1.82) is 0 Å². The van der Waals surface area contributed by atoms with Crippen LogP contribution in [0.25, 0.3) is 0 Å². The third-order valence-electron chi connectivity index (χ3n) is 1.73. The molecule has 0 aromatic carbocycles. The van der Waals surface area contributed by atoms with Gasteiger partial charge in [-0.25, -0.2) is 0 Å². The number of nitrogens with two attached hydrogens (primary N) is 4. The lowest BCUT2D eigenvalue weighted by molar-refractivity contribution is 0.397. The molecule has 8 N–H and O–H groups in total. The van der Waals surface area contributed by atoms with Crippen molar-refractivity contribution >= 4 is 24.0 Å². The number of rotatable bonds is 4. The molecule has 0 aliphatic heterocycles. The van der Waals surface area contributed by atoms with E-state index >= 15 is 0 Å². The lowest BCUT2D eigenvalue weighted by Crippen LogP contribution is -2.20. The van der Waals surface area contributed by atoms with Gasteiger partial charge in [-0.3, -0.25) is 9.98 Å². The van der Waals surface area contributed by atoms with Crippen LogP contribution < -0.4 is 22.9 Å². The minimum atomic E-state index is -0.0482. The maximum absolute atomic E-state index is 5.46. The van der Waals surface area contributed by atoms with Crippen molar-refractivity contribution in [3.63, 3.8) is 0 Å². The molecule has 0 fully saturated rings. The Hall–Kier alpha value is -2.52. The number of guanidine groups is 2. The molecule has 10 heteroatoms. The molecule has 19 heavy (non-hydrogen) atoms. The second kappa shape index (κ2) is 9.50. The summed E-state index contributed by atoms with van der Waals surface area (Å²) in [6.07, 6.45) is 0.617. The van der Waals surface area contributed by atoms with Gasteiger partial charge in [0.25, 0.3) is 12.0 Å². The minimum absolute atomic E-state index is 0.0398. The molecule has 0 unspecified atom stereocenters. The van der Waals surface area contributed by atoms with Crippen molar-refractivity contribution in [2.75, 3.05) is 27.3 Å². The fourth-order valence-electron chi connectivity index (χ4n) is 0.846. The lowest BCUT2D eigenvalue weighted by Gasteiger charge is -1.98. The summed E-state index contributed by atoms with van der Waals surface area (Å²) in [6.45, 7) is 0.846. The number of methoxy groups -OCH3 is 2. The van der Waals surface area contributed by atoms with E-state index in [-0.39, 0.29) is 24.0 Å². The molecule has 0 bridgehead atoms. The molecule has 0 rings (SSSR count). The van der Waals surface area contributed by atoms with Crippen LogP contribution in [-0.2, 0) is 9.47 Å². The maximum Gasteiger partial charge on any atom is 0.289 e. The van der Waals surface area contributed by atoms with Gasteiger partial charge >= 0.3 is 0 Å². The van der Waals surface area contributed by atoms with E-state index in [2.05, 4.69) is 29.4 Å². The van der Waals surface area contributed by atoms with E-state index in [9.17, 15) is 0 Å². The summed E-state index contributed by atoms with van der Waals surface area (Å²) in [5.41, 5.74) is 21.5. The van der Waals surface area contributed by atoms with Gasteiger partial charge in [-0.2, -0.15) is 9.98 Å². The van der Waals surface area contributed by atoms with Crippen molar-refractivity contribution < 1.29 is 9.47 Å². The fourth-order valence-corrected chi connectivity index (χ4v) is 0.846. The molecule has 0 aromatic rings. The molecule has 0 aliphatic carbocycles. The van der Waals surface area contributed by atoms with E-state index in [0.717, 1.165) is 0 Å². The number of amidine groups is 2. The Labute approximate surface area is 111 Å². The van der Waals surface area contributed by atoms with Gasteiger partial charge in [-0.1, -0.05) is 0 Å². The Bertz CT molecular complexity index is 352. The number of nitrogens with zero attached hydrogens (tertiary/aromatic N) is 4. The standard InChI is InChI=1S/C9H20N8O2/c1-18-8(12)16-6(10)14-4-3-5-15-7(11)17-9(13)19-2/h3-5H2,1-2H3,(H4,10,12,14,16)(H4,11,13,15,17). The van der Waals surface area contributed by atoms with E-state index in [1.807, 2.05) is 0 Å². The molecule has 0 saturated carbocycles. The molecule has 0 amide bonds. The number of ether oxygens (including phenoxy) is 2. The smallest absolute Gasteiger partial charge is 0.289 e. The van der Waals surface area contributed by atoms with Gasteiger partial charge in [-0.15, -0.1) is 0 Å². The van der Waals surface area contributed by atoms with E-state index < -0.39 is 0 Å². The van der Waals surface area contributed by atoms with Gasteiger partial charge in [0.15, 0.2) is 0 Å². The van der Waals surface area contributed by atoms with E-state index in [1.54, 1.807) is 0 Å². The molecule has 0 aromatic heterocycles. The normalized spacial score (nSPS) is 14.4. The van der Waals surface area contributed by atoms with Gasteiger partial charge in [0.2, 0.25) is 11.9 Å². The van der Waals surface area contributed by atoms with E-state index in [0.29, 0.717) is 19.5 Å². The summed E-state index contributed by atoms with van der Waals surface area (Å²) in [4.78, 5) is 15.2. The third kappa shape index (κ3) is 9.21. The molecule has 108 valence electrons. The van der Waals surface area contributed by atoms with Crippen molar-refractivity contribution in [1.82, 2.24) is 0 Å². The van der Waals surface area contributed by atoms with Crippen LogP contribution >= 0.6 is 0 Å². The minimum Gasteiger partial charge on any atom is -0.468 e. The Morgan fingerprint density at radius 3 is 1.47 bits per heavy atom. The highest BCUT2D eigenvalue weighted by atomic mass is 16.5. The monoisotopic (exact) mass is 272 g/mol. The Morgan fingerprint density at radius 2 is 1.16 bits per heavy atom. The summed E-state index contributed by atoms with van der Waals surface area (Å²) < 4.78 is 9.23. The predicted octanol–water partition coefficient (Wildman–Crippen LogP) is -2.07. The van der Waals surface area contributed by atoms with Crippen LogP contribution in [0.2, 0.25) is 0 Å². The summed E-state index contributed by atoms with van der Waals surface area (Å²) in [5.74, 6) is 0.0795. The molecule has 10 nitrogen and oxygen atoms in total. The van der Waals surface area contributed by atoms with Crippen molar-refractivity contribution in [2.24, 2.45) is 42.9 Å². The van der Waals surface area contributed by atoms with Crippen LogP contribution in [0.5, 0.6) is 0 Å². The van der Waals surface area contributed by atoms with Crippen LogP contribution in [0.3, 0.4) is 0 Å². The summed E-state index contributed by atoms with van der Waals surface area (Å²) in [5, 5.41) is 0. The molecule has 0 aliphatic rings. The molecular formula is C9H20N8O2. The van der Waals surface area contributed by atoms with E-state index in [1.165, 1.54) is 14.2 Å². The Balaban J connectivity index is 4.05. The van der Waals surface area contributed by atoms with Crippen LogP contribution in [0.1, 0.15) is 6.42 Å². The maximum atomic E-state index is 5.46. The first-order valence-electron chi connectivity index (χ1n) is 5.35. The largest absolute Gasteiger partial charge is 0.468 e. The van der Waals surface area contributed by atoms with Gasteiger partial charge < -0.3 is 32.4 Å². The lowest BCUT2D eigenvalue weighted by atomic mass is 10.4. The first-order valence-corrected chi connectivity index (χ1v) is 5.35. The molecule has 0 saturated heterocycles. The van der Waals surface area contributed by atoms with Crippen molar-refractivity contribution in [3.8, 4) is 0 Å². The molecule has 0 heterocycles. The summed E-state index contributed by atoms with van der Waals surface area (Å²) in [7, 11) is 2.77. The second-order valence-corrected chi connectivity index (χ2v) is 3.14. The summed E-state index contributed by atoms with van der Waals surface area (Å²) >= 11 is 0. The van der Waals surface area contributed by atoms with Crippen molar-refractivity contribution in [3.05, 3.63) is 0 Å². The predicted molar refractivity (Wildman–Crippen MR) is 74.9 cm³/mol. The van der Waals surface area contributed by atoms with Crippen LogP contribution in [-0.4, -0.2) is 51.3 Å². The van der Waals surface area contributed by atoms with Gasteiger partial charge in [-0.05, 0) is 6.42 Å². The van der Waals surface area contributed by atoms with Crippen LogP contribution in [0.15, 0.2) is 20.0 Å². The zero-order valence-electron chi connectivity index (χ0n) is 11.0. The topological polar surface area (TPSA) is 172 Å². The highest BCUT2D eigenvalue weighted by molar-refractivity contribution is 5.91. The van der Waals surface area contributed by atoms with Crippen LogP contribution in [0.4, 0.5) is 0 Å². The molecule has 0 atom stereocenters. The molecule has 0 radical (unpaired) electrons. The number of aliphatic imine (C=N–C) groups is 4. The van der Waals surface area contributed by atoms with Crippen LogP contribution in [0, 0.1) is 0 Å². The first-order chi connectivity index (χ1) is 8.99. The highest BCUT2D eigenvalue weighted by Crippen LogP contribution is 1.86. The van der Waals surface area contributed by atoms with Gasteiger partial charge in [0.1, 0.15) is 0 Å². The average molecular weight is 272 g/mol. The summed E-state index contributed by atoms with van der Waals surface area (Å²) in [6, 6.07) is -0.0965. The number of hydrogen-bond donors (Lipinski definition) is 4. The third-order valence-corrected chi connectivity index (χ3v) is 1.73. The quantitative estimate of drug-likeness (QED) is 0.260. The molecule has 0 spiro atoms. The zero-order chi connectivity index (χ0) is 14.7. The fraction of sp³-hybridized carbons (Fsp3) is 0.556. The molecular weight excluding hydrogens is 252 g/mol. The Morgan fingerprint density at radius 1 is 0.789 bits per heavy atom. The SMILES string of the molecule is COC(N)=NC(N)=NCCCN=C(N)N=C(N)OC. The Kier molecular flexibility index (Phi) is 8.24. The van der Waals surface area contributed by atoms with Crippen molar-refractivity contribution in [2.45, 2.75) is 6.42 Å². The number of hydrogen-bond acceptors (Lipinski definition) is 4. The highest BCUT2D eigenvalue weighted by Gasteiger charge is 1.94. The average Bonchev–Trinajstić information content (AvgIpc) is 2.37. The van der Waals surface area contributed by atoms with Gasteiger partial charge in [0.05, 0.1) is 14.2 Å². The second-order valence-electron chi connectivity index (χ2n) is 3.14. The van der Waals surface area contributed by atoms with E-state index in [4.69, 9.17) is 22.9 Å².